The zero-order valence-electron chi connectivity index (χ0n) is 8.24. The quantitative estimate of drug-likeness (QED) is 0.745. The second-order valence-electron chi connectivity index (χ2n) is 3.09. The van der Waals surface area contributed by atoms with Crippen LogP contribution in [0.1, 0.15) is 5.69 Å². The van der Waals surface area contributed by atoms with E-state index in [9.17, 15) is 4.79 Å². The number of H-pyrrole nitrogens is 1. The van der Waals surface area contributed by atoms with Gasteiger partial charge in [0, 0.05) is 11.8 Å². The highest BCUT2D eigenvalue weighted by molar-refractivity contribution is 6.01. The molecule has 0 aliphatic carbocycles. The number of nitrogens with zero attached hydrogens (tertiary/aromatic N) is 1. The molecule has 1 aromatic heterocycles. The number of aromatic amines is 1. The molecule has 6 heteroatoms. The van der Waals surface area contributed by atoms with Crippen molar-refractivity contribution in [2.45, 2.75) is 6.92 Å². The Morgan fingerprint density at radius 3 is 3.07 bits per heavy atom. The molecular weight excluding hydrogens is 198 g/mol. The van der Waals surface area contributed by atoms with Gasteiger partial charge in [-0.3, -0.25) is 9.89 Å². The van der Waals surface area contributed by atoms with E-state index in [2.05, 4.69) is 15.5 Å². The van der Waals surface area contributed by atoms with Crippen LogP contribution in [-0.2, 0) is 14.3 Å². The van der Waals surface area contributed by atoms with Crippen LogP contribution in [0.4, 0.5) is 5.82 Å². The van der Waals surface area contributed by atoms with Crippen molar-refractivity contribution in [1.29, 1.82) is 0 Å². The number of hydrogen-bond donors (Lipinski definition) is 2. The number of rotatable bonds is 2. The average molecular weight is 209 g/mol. The zero-order valence-corrected chi connectivity index (χ0v) is 8.24. The van der Waals surface area contributed by atoms with Gasteiger partial charge in [-0.15, -0.1) is 0 Å². The molecule has 2 N–H and O–H groups in total. The monoisotopic (exact) mass is 209 g/mol. The van der Waals surface area contributed by atoms with Crippen molar-refractivity contribution >= 4 is 11.7 Å². The molecule has 0 atom stereocenters. The normalized spacial score (nSPS) is 14.9. The molecule has 0 bridgehead atoms. The Bertz CT molecular complexity index is 397. The highest BCUT2D eigenvalue weighted by atomic mass is 16.6. The van der Waals surface area contributed by atoms with Gasteiger partial charge in [0.25, 0.3) is 5.91 Å². The molecule has 80 valence electrons. The molecule has 0 spiro atoms. The lowest BCUT2D eigenvalue weighted by atomic mass is 10.4. The standard InChI is InChI=1S/C9H11N3O3/c1-6-4-8(12-11-6)10-9(13)7-5-14-2-3-15-7/h4-5H,2-3H2,1H3,(H2,10,11,12,13). The van der Waals surface area contributed by atoms with Crippen molar-refractivity contribution in [2.24, 2.45) is 0 Å². The van der Waals surface area contributed by atoms with Gasteiger partial charge in [0.1, 0.15) is 19.5 Å². The van der Waals surface area contributed by atoms with E-state index in [1.54, 1.807) is 6.07 Å². The van der Waals surface area contributed by atoms with Gasteiger partial charge in [-0.05, 0) is 6.92 Å². The molecule has 15 heavy (non-hydrogen) atoms. The van der Waals surface area contributed by atoms with E-state index >= 15 is 0 Å². The van der Waals surface area contributed by atoms with E-state index in [-0.39, 0.29) is 11.7 Å². The second-order valence-corrected chi connectivity index (χ2v) is 3.09. The SMILES string of the molecule is Cc1cc(NC(=O)C2=COCCO2)n[nH]1. The largest absolute Gasteiger partial charge is 0.494 e. The topological polar surface area (TPSA) is 76.2 Å². The van der Waals surface area contributed by atoms with Crippen molar-refractivity contribution in [2.75, 3.05) is 18.5 Å². The van der Waals surface area contributed by atoms with E-state index in [0.717, 1.165) is 5.69 Å². The lowest BCUT2D eigenvalue weighted by molar-refractivity contribution is -0.117. The molecule has 0 saturated heterocycles. The van der Waals surface area contributed by atoms with Crippen LogP contribution in [0.3, 0.4) is 0 Å². The number of aryl methyl sites for hydroxylation is 1. The maximum atomic E-state index is 11.5. The number of aromatic nitrogens is 2. The zero-order chi connectivity index (χ0) is 10.7. The van der Waals surface area contributed by atoms with Gasteiger partial charge in [-0.25, -0.2) is 0 Å². The van der Waals surface area contributed by atoms with Gasteiger partial charge in [0.05, 0.1) is 0 Å². The summed E-state index contributed by atoms with van der Waals surface area (Å²) in [6.45, 7) is 2.71. The molecule has 1 aliphatic rings. The van der Waals surface area contributed by atoms with Crippen LogP contribution in [-0.4, -0.2) is 29.3 Å². The van der Waals surface area contributed by atoms with Gasteiger partial charge in [0.15, 0.2) is 5.82 Å². The van der Waals surface area contributed by atoms with Crippen LogP contribution in [0, 0.1) is 6.92 Å². The molecule has 0 radical (unpaired) electrons. The highest BCUT2D eigenvalue weighted by Gasteiger charge is 2.15. The summed E-state index contributed by atoms with van der Waals surface area (Å²) in [6.07, 6.45) is 1.30. The Morgan fingerprint density at radius 2 is 2.47 bits per heavy atom. The summed E-state index contributed by atoms with van der Waals surface area (Å²) in [5.41, 5.74) is 0.875. The van der Waals surface area contributed by atoms with Gasteiger partial charge in [0.2, 0.25) is 5.76 Å². The number of amides is 1. The third-order valence-electron chi connectivity index (χ3n) is 1.82. The molecule has 2 heterocycles. The van der Waals surface area contributed by atoms with Gasteiger partial charge >= 0.3 is 0 Å². The Balaban J connectivity index is 2.00. The minimum atomic E-state index is -0.360. The molecule has 1 aliphatic heterocycles. The number of hydrogen-bond acceptors (Lipinski definition) is 4. The predicted octanol–water partition coefficient (Wildman–Crippen LogP) is 0.545. The van der Waals surface area contributed by atoms with Crippen molar-refractivity contribution in [3.63, 3.8) is 0 Å². The molecule has 0 saturated carbocycles. The van der Waals surface area contributed by atoms with Crippen LogP contribution in [0.2, 0.25) is 0 Å². The first kappa shape index (κ1) is 9.57. The Labute approximate surface area is 86.3 Å². The van der Waals surface area contributed by atoms with Crippen LogP contribution in [0.25, 0.3) is 0 Å². The number of carbonyl (C=O) groups excluding carboxylic acids is 1. The summed E-state index contributed by atoms with van der Waals surface area (Å²) in [7, 11) is 0. The molecule has 6 nitrogen and oxygen atoms in total. The lowest BCUT2D eigenvalue weighted by Crippen LogP contribution is -2.21. The van der Waals surface area contributed by atoms with Crippen LogP contribution in [0.5, 0.6) is 0 Å². The van der Waals surface area contributed by atoms with Gasteiger partial charge in [-0.2, -0.15) is 5.10 Å². The van der Waals surface area contributed by atoms with E-state index in [4.69, 9.17) is 9.47 Å². The first-order valence-electron chi connectivity index (χ1n) is 4.53. The summed E-state index contributed by atoms with van der Waals surface area (Å²) in [5, 5.41) is 9.17. The predicted molar refractivity (Wildman–Crippen MR) is 51.9 cm³/mol. The van der Waals surface area contributed by atoms with Gasteiger partial charge in [-0.1, -0.05) is 0 Å². The van der Waals surface area contributed by atoms with Crippen molar-refractivity contribution in [3.8, 4) is 0 Å². The average Bonchev–Trinajstić information content (AvgIpc) is 2.65. The maximum absolute atomic E-state index is 11.5. The van der Waals surface area contributed by atoms with Crippen molar-refractivity contribution in [3.05, 3.63) is 23.8 Å². The molecular formula is C9H11N3O3. The third-order valence-corrected chi connectivity index (χ3v) is 1.82. The van der Waals surface area contributed by atoms with E-state index < -0.39 is 0 Å². The molecule has 2 rings (SSSR count). The second kappa shape index (κ2) is 4.04. The lowest BCUT2D eigenvalue weighted by Gasteiger charge is -2.14. The summed E-state index contributed by atoms with van der Waals surface area (Å²) >= 11 is 0. The maximum Gasteiger partial charge on any atom is 0.295 e. The van der Waals surface area contributed by atoms with Crippen molar-refractivity contribution in [1.82, 2.24) is 10.2 Å². The fourth-order valence-electron chi connectivity index (χ4n) is 1.15. The van der Waals surface area contributed by atoms with Crippen LogP contribution >= 0.6 is 0 Å². The number of ether oxygens (including phenoxy) is 2. The molecule has 0 aromatic carbocycles. The third kappa shape index (κ3) is 2.28. The summed E-state index contributed by atoms with van der Waals surface area (Å²) in [6, 6.07) is 1.72. The number of carbonyl (C=O) groups is 1. The van der Waals surface area contributed by atoms with Crippen molar-refractivity contribution < 1.29 is 14.3 Å². The van der Waals surface area contributed by atoms with E-state index in [0.29, 0.717) is 19.0 Å². The molecule has 1 aromatic rings. The minimum Gasteiger partial charge on any atom is -0.494 e. The fourth-order valence-corrected chi connectivity index (χ4v) is 1.15. The fraction of sp³-hybridized carbons (Fsp3) is 0.333. The highest BCUT2D eigenvalue weighted by Crippen LogP contribution is 2.09. The molecule has 1 amide bonds. The minimum absolute atomic E-state index is 0.168. The van der Waals surface area contributed by atoms with Gasteiger partial charge < -0.3 is 14.8 Å². The first-order valence-corrected chi connectivity index (χ1v) is 4.53. The Kier molecular flexibility index (Phi) is 2.57. The van der Waals surface area contributed by atoms with Crippen LogP contribution in [0.15, 0.2) is 18.1 Å². The molecule has 0 unspecified atom stereocenters. The van der Waals surface area contributed by atoms with E-state index in [1.807, 2.05) is 6.92 Å². The van der Waals surface area contributed by atoms with E-state index in [1.165, 1.54) is 6.26 Å². The van der Waals surface area contributed by atoms with Crippen LogP contribution < -0.4 is 5.32 Å². The number of anilines is 1. The summed E-state index contributed by atoms with van der Waals surface area (Å²) < 4.78 is 10.1. The molecule has 0 fully saturated rings. The Morgan fingerprint density at radius 1 is 1.60 bits per heavy atom. The number of nitrogens with one attached hydrogen (secondary N) is 2. The summed E-state index contributed by atoms with van der Waals surface area (Å²) in [4.78, 5) is 11.5. The summed E-state index contributed by atoms with van der Waals surface area (Å²) in [5.74, 6) is 0.274. The Hall–Kier alpha value is -1.98. The smallest absolute Gasteiger partial charge is 0.295 e. The first-order chi connectivity index (χ1) is 7.25.